The first-order chi connectivity index (χ1) is 8.71. The Hall–Kier alpha value is -0.900. The lowest BCUT2D eigenvalue weighted by molar-refractivity contribution is 0.246. The van der Waals surface area contributed by atoms with E-state index >= 15 is 0 Å². The maximum atomic E-state index is 4.45. The highest BCUT2D eigenvalue weighted by Crippen LogP contribution is 2.47. The fraction of sp³-hybridized carbons (Fsp3) is 0.857. The molecule has 1 N–H and O–H groups in total. The Morgan fingerprint density at radius 2 is 2.17 bits per heavy atom. The van der Waals surface area contributed by atoms with Crippen LogP contribution in [0.4, 0.5) is 0 Å². The van der Waals surface area contributed by atoms with Crippen molar-refractivity contribution in [1.29, 1.82) is 0 Å². The van der Waals surface area contributed by atoms with E-state index in [1.165, 1.54) is 25.7 Å². The minimum Gasteiger partial charge on any atom is -0.313 e. The van der Waals surface area contributed by atoms with Crippen molar-refractivity contribution < 1.29 is 0 Å². The van der Waals surface area contributed by atoms with Crippen LogP contribution in [0.15, 0.2) is 6.33 Å². The number of aromatic nitrogens is 3. The Morgan fingerprint density at radius 1 is 1.39 bits per heavy atom. The van der Waals surface area contributed by atoms with Gasteiger partial charge >= 0.3 is 0 Å². The van der Waals surface area contributed by atoms with Crippen LogP contribution in [0.25, 0.3) is 0 Å². The Kier molecular flexibility index (Phi) is 3.14. The molecule has 1 atom stereocenters. The molecule has 100 valence electrons. The molecule has 4 heteroatoms. The van der Waals surface area contributed by atoms with Gasteiger partial charge in [0.15, 0.2) is 0 Å². The molecule has 1 aromatic rings. The van der Waals surface area contributed by atoms with Gasteiger partial charge in [-0.05, 0) is 43.9 Å². The molecular formula is C14H24N4. The second-order valence-electron chi connectivity index (χ2n) is 6.25. The molecule has 3 rings (SSSR count). The van der Waals surface area contributed by atoms with E-state index in [2.05, 4.69) is 29.2 Å². The normalized spacial score (nSPS) is 23.0. The van der Waals surface area contributed by atoms with Gasteiger partial charge in [-0.2, -0.15) is 5.10 Å². The zero-order valence-corrected chi connectivity index (χ0v) is 11.5. The van der Waals surface area contributed by atoms with Crippen molar-refractivity contribution in [1.82, 2.24) is 20.1 Å². The van der Waals surface area contributed by atoms with Crippen molar-refractivity contribution in [2.24, 2.45) is 11.3 Å². The second kappa shape index (κ2) is 4.65. The van der Waals surface area contributed by atoms with Crippen LogP contribution in [0, 0.1) is 11.3 Å². The van der Waals surface area contributed by atoms with Crippen molar-refractivity contribution in [2.75, 3.05) is 6.54 Å². The maximum absolute atomic E-state index is 4.45. The first-order valence-corrected chi connectivity index (χ1v) is 7.31. The van der Waals surface area contributed by atoms with Gasteiger partial charge in [0, 0.05) is 25.6 Å². The monoisotopic (exact) mass is 248 g/mol. The molecule has 0 amide bonds. The molecular weight excluding hydrogens is 224 g/mol. The summed E-state index contributed by atoms with van der Waals surface area (Å²) in [5.74, 6) is 2.04. The number of nitrogens with zero attached hydrogens (tertiary/aromatic N) is 3. The van der Waals surface area contributed by atoms with Gasteiger partial charge in [0.05, 0.1) is 0 Å². The SMILES string of the molecule is CCn1ncnc1CC(C)(CNC1CC1)C1CC1. The maximum Gasteiger partial charge on any atom is 0.138 e. The third-order valence-electron chi connectivity index (χ3n) is 4.49. The lowest BCUT2D eigenvalue weighted by Crippen LogP contribution is -2.37. The van der Waals surface area contributed by atoms with Gasteiger partial charge in [0.2, 0.25) is 0 Å². The van der Waals surface area contributed by atoms with Crippen LogP contribution in [-0.2, 0) is 13.0 Å². The number of hydrogen-bond acceptors (Lipinski definition) is 3. The summed E-state index contributed by atoms with van der Waals surface area (Å²) < 4.78 is 2.04. The molecule has 1 aromatic heterocycles. The average molecular weight is 248 g/mol. The van der Waals surface area contributed by atoms with Crippen molar-refractivity contribution in [3.63, 3.8) is 0 Å². The van der Waals surface area contributed by atoms with Crippen LogP contribution in [0.3, 0.4) is 0 Å². The molecule has 0 saturated heterocycles. The molecule has 18 heavy (non-hydrogen) atoms. The van der Waals surface area contributed by atoms with Gasteiger partial charge in [0.25, 0.3) is 0 Å². The molecule has 4 nitrogen and oxygen atoms in total. The Balaban J connectivity index is 1.68. The van der Waals surface area contributed by atoms with Gasteiger partial charge in [0.1, 0.15) is 12.2 Å². The Morgan fingerprint density at radius 3 is 2.78 bits per heavy atom. The number of aryl methyl sites for hydroxylation is 1. The predicted octanol–water partition coefficient (Wildman–Crippen LogP) is 2.01. The van der Waals surface area contributed by atoms with Gasteiger partial charge < -0.3 is 5.32 Å². The number of hydrogen-bond donors (Lipinski definition) is 1. The summed E-state index contributed by atoms with van der Waals surface area (Å²) >= 11 is 0. The molecule has 0 radical (unpaired) electrons. The molecule has 2 aliphatic carbocycles. The molecule has 1 unspecified atom stereocenters. The van der Waals surface area contributed by atoms with E-state index in [1.54, 1.807) is 6.33 Å². The van der Waals surface area contributed by atoms with E-state index < -0.39 is 0 Å². The summed E-state index contributed by atoms with van der Waals surface area (Å²) in [6, 6.07) is 0.798. The lowest BCUT2D eigenvalue weighted by Gasteiger charge is -2.30. The van der Waals surface area contributed by atoms with Crippen molar-refractivity contribution in [2.45, 2.75) is 58.5 Å². The van der Waals surface area contributed by atoms with E-state index in [4.69, 9.17) is 0 Å². The van der Waals surface area contributed by atoms with E-state index in [-0.39, 0.29) is 0 Å². The fourth-order valence-electron chi connectivity index (χ4n) is 2.85. The third-order valence-corrected chi connectivity index (χ3v) is 4.49. The van der Waals surface area contributed by atoms with E-state index in [0.717, 1.165) is 37.3 Å². The molecule has 0 spiro atoms. The molecule has 2 saturated carbocycles. The number of nitrogens with one attached hydrogen (secondary N) is 1. The van der Waals surface area contributed by atoms with Crippen LogP contribution < -0.4 is 5.32 Å². The van der Waals surface area contributed by atoms with E-state index in [0.29, 0.717) is 5.41 Å². The minimum atomic E-state index is 0.364. The quantitative estimate of drug-likeness (QED) is 0.802. The minimum absolute atomic E-state index is 0.364. The van der Waals surface area contributed by atoms with Crippen molar-refractivity contribution in [3.05, 3.63) is 12.2 Å². The first-order valence-electron chi connectivity index (χ1n) is 7.31. The van der Waals surface area contributed by atoms with Crippen LogP contribution >= 0.6 is 0 Å². The summed E-state index contributed by atoms with van der Waals surface area (Å²) in [6.45, 7) is 6.62. The van der Waals surface area contributed by atoms with Crippen LogP contribution in [0.2, 0.25) is 0 Å². The standard InChI is InChI=1S/C14H24N4/c1-3-18-13(16-10-17-18)8-14(2,11-4-5-11)9-15-12-6-7-12/h10-12,15H,3-9H2,1-2H3. The molecule has 0 aromatic carbocycles. The summed E-state index contributed by atoms with van der Waals surface area (Å²) in [5, 5.41) is 8.00. The predicted molar refractivity (Wildman–Crippen MR) is 71.3 cm³/mol. The van der Waals surface area contributed by atoms with Crippen LogP contribution in [-0.4, -0.2) is 27.4 Å². The molecule has 0 bridgehead atoms. The van der Waals surface area contributed by atoms with Crippen LogP contribution in [0.1, 0.15) is 45.4 Å². The Labute approximate surface area is 109 Å². The average Bonchev–Trinajstić information content (AvgIpc) is 3.24. The summed E-state index contributed by atoms with van der Waals surface area (Å²) in [4.78, 5) is 4.45. The highest BCUT2D eigenvalue weighted by molar-refractivity contribution is 5.01. The largest absolute Gasteiger partial charge is 0.313 e. The van der Waals surface area contributed by atoms with Gasteiger partial charge in [-0.25, -0.2) is 4.98 Å². The third kappa shape index (κ3) is 2.58. The summed E-state index contributed by atoms with van der Waals surface area (Å²) in [7, 11) is 0. The highest BCUT2D eigenvalue weighted by atomic mass is 15.3. The van der Waals surface area contributed by atoms with Crippen LogP contribution in [0.5, 0.6) is 0 Å². The molecule has 2 aliphatic rings. The zero-order valence-electron chi connectivity index (χ0n) is 11.5. The van der Waals surface area contributed by atoms with E-state index in [9.17, 15) is 0 Å². The molecule has 0 aliphatic heterocycles. The number of rotatable bonds is 7. The highest BCUT2D eigenvalue weighted by Gasteiger charge is 2.42. The summed E-state index contributed by atoms with van der Waals surface area (Å²) in [5.41, 5.74) is 0.364. The van der Waals surface area contributed by atoms with E-state index in [1.807, 2.05) is 4.68 Å². The first kappa shape index (κ1) is 12.2. The molecule has 1 heterocycles. The topological polar surface area (TPSA) is 42.7 Å². The zero-order chi connectivity index (χ0) is 12.6. The van der Waals surface area contributed by atoms with Gasteiger partial charge in [-0.15, -0.1) is 0 Å². The van der Waals surface area contributed by atoms with Gasteiger partial charge in [-0.1, -0.05) is 6.92 Å². The summed E-state index contributed by atoms with van der Waals surface area (Å²) in [6.07, 6.45) is 8.27. The van der Waals surface area contributed by atoms with Crippen molar-refractivity contribution >= 4 is 0 Å². The smallest absolute Gasteiger partial charge is 0.138 e. The molecule has 2 fully saturated rings. The second-order valence-corrected chi connectivity index (χ2v) is 6.25. The lowest BCUT2D eigenvalue weighted by atomic mass is 9.81. The Bertz CT molecular complexity index is 406. The van der Waals surface area contributed by atoms with Crippen molar-refractivity contribution in [3.8, 4) is 0 Å². The fourth-order valence-corrected chi connectivity index (χ4v) is 2.85. The van der Waals surface area contributed by atoms with Gasteiger partial charge in [-0.3, -0.25) is 4.68 Å².